The van der Waals surface area contributed by atoms with Gasteiger partial charge in [0.05, 0.1) is 30.7 Å². The number of guanidine groups is 1. The molecule has 1 amide bonds. The Hall–Kier alpha value is -3.37. The van der Waals surface area contributed by atoms with E-state index in [-0.39, 0.29) is 12.1 Å². The molecule has 4 rings (SSSR count). The number of nitrogens with one attached hydrogen (secondary N) is 1. The van der Waals surface area contributed by atoms with Gasteiger partial charge in [0.2, 0.25) is 0 Å². The van der Waals surface area contributed by atoms with Gasteiger partial charge in [-0.05, 0) is 18.2 Å². The van der Waals surface area contributed by atoms with Crippen molar-refractivity contribution in [2.45, 2.75) is 12.6 Å². The molecule has 0 spiro atoms. The molecular weight excluding hydrogens is 367 g/mol. The fourth-order valence-electron chi connectivity index (χ4n) is 3.47. The Morgan fingerprint density at radius 3 is 2.75 bits per heavy atom. The van der Waals surface area contributed by atoms with Crippen LogP contribution in [0.4, 0.5) is 20.6 Å². The lowest BCUT2D eigenvalue weighted by atomic mass is 10.2. The second-order valence-corrected chi connectivity index (χ2v) is 6.74. The van der Waals surface area contributed by atoms with Gasteiger partial charge >= 0.3 is 6.09 Å². The van der Waals surface area contributed by atoms with Crippen LogP contribution in [0.1, 0.15) is 0 Å². The molecule has 0 unspecified atom stereocenters. The van der Waals surface area contributed by atoms with Crippen molar-refractivity contribution in [3.05, 3.63) is 36.4 Å². The predicted octanol–water partition coefficient (Wildman–Crippen LogP) is 0.458. The average Bonchev–Trinajstić information content (AvgIpc) is 3.31. The van der Waals surface area contributed by atoms with E-state index in [0.717, 1.165) is 0 Å². The molecule has 0 aliphatic carbocycles. The van der Waals surface area contributed by atoms with E-state index in [4.69, 9.17) is 15.9 Å². The Labute approximate surface area is 160 Å². The molecule has 1 atom stereocenters. The topological polar surface area (TPSA) is 117 Å². The van der Waals surface area contributed by atoms with E-state index in [1.54, 1.807) is 34.1 Å². The van der Waals surface area contributed by atoms with Crippen LogP contribution in [-0.2, 0) is 11.3 Å². The second-order valence-electron chi connectivity index (χ2n) is 6.74. The summed E-state index contributed by atoms with van der Waals surface area (Å²) >= 11 is 0. The maximum absolute atomic E-state index is 14.7. The fraction of sp³-hybridized carbons (Fsp3) is 0.412. The Bertz CT molecular complexity index is 866. The number of benzene rings is 1. The van der Waals surface area contributed by atoms with Gasteiger partial charge in [-0.2, -0.15) is 0 Å². The number of rotatable bonds is 4. The van der Waals surface area contributed by atoms with Crippen molar-refractivity contribution in [1.82, 2.24) is 19.9 Å². The van der Waals surface area contributed by atoms with Crippen molar-refractivity contribution in [3.8, 4) is 0 Å². The van der Waals surface area contributed by atoms with Gasteiger partial charge in [-0.15, -0.1) is 5.10 Å². The highest BCUT2D eigenvalue weighted by Gasteiger charge is 2.33. The number of carbonyl (C=O) groups excluding carboxylic acids is 1. The van der Waals surface area contributed by atoms with Gasteiger partial charge in [0.1, 0.15) is 11.9 Å². The molecule has 148 valence electrons. The van der Waals surface area contributed by atoms with Gasteiger partial charge < -0.3 is 20.3 Å². The van der Waals surface area contributed by atoms with E-state index in [1.807, 2.05) is 4.90 Å². The number of aromatic nitrogens is 3. The molecule has 0 saturated carbocycles. The molecule has 1 aromatic heterocycles. The second kappa shape index (κ2) is 7.33. The molecule has 2 aliphatic heterocycles. The van der Waals surface area contributed by atoms with E-state index in [9.17, 15) is 9.18 Å². The Morgan fingerprint density at radius 2 is 2.11 bits per heavy atom. The summed E-state index contributed by atoms with van der Waals surface area (Å²) in [4.78, 5) is 17.3. The number of nitrogens with two attached hydrogens (primary N) is 1. The molecule has 0 bridgehead atoms. The predicted molar refractivity (Wildman–Crippen MR) is 99.7 cm³/mol. The number of carbonyl (C=O) groups is 1. The third-order valence-corrected chi connectivity index (χ3v) is 4.94. The van der Waals surface area contributed by atoms with Crippen LogP contribution in [0.15, 0.2) is 30.6 Å². The molecule has 3 heterocycles. The SMILES string of the molecule is N=C(N)N1CCN(c2ccc(N3C[C@H](Cn4ccnn4)OC3=O)cc2F)CC1. The Morgan fingerprint density at radius 1 is 1.32 bits per heavy atom. The van der Waals surface area contributed by atoms with Gasteiger partial charge in [-0.25, -0.2) is 13.9 Å². The zero-order chi connectivity index (χ0) is 19.7. The summed E-state index contributed by atoms with van der Waals surface area (Å²) in [5.41, 5.74) is 6.42. The average molecular weight is 388 g/mol. The standard InChI is InChI=1S/C17H21FN8O2/c18-14-9-12(1-2-15(14)23-5-7-24(8-6-23)16(19)20)26-11-13(28-17(26)27)10-25-4-3-21-22-25/h1-4,9,13H,5-8,10-11H2,(H3,19,20)/t13-/m0/s1. The van der Waals surface area contributed by atoms with Crippen LogP contribution in [0.25, 0.3) is 0 Å². The third-order valence-electron chi connectivity index (χ3n) is 4.94. The van der Waals surface area contributed by atoms with Crippen molar-refractivity contribution < 1.29 is 13.9 Å². The zero-order valence-electron chi connectivity index (χ0n) is 15.2. The molecule has 0 radical (unpaired) electrons. The first-order valence-electron chi connectivity index (χ1n) is 8.97. The number of ether oxygens (including phenoxy) is 1. The summed E-state index contributed by atoms with van der Waals surface area (Å²) in [6.45, 7) is 2.99. The monoisotopic (exact) mass is 388 g/mol. The molecule has 28 heavy (non-hydrogen) atoms. The van der Waals surface area contributed by atoms with Crippen LogP contribution in [0.5, 0.6) is 0 Å². The summed E-state index contributed by atoms with van der Waals surface area (Å²) in [5, 5.41) is 15.1. The van der Waals surface area contributed by atoms with Crippen molar-refractivity contribution in [1.29, 1.82) is 5.41 Å². The molecule has 1 aromatic carbocycles. The summed E-state index contributed by atoms with van der Waals surface area (Å²) in [5.74, 6) is -0.371. The number of anilines is 2. The Kier molecular flexibility index (Phi) is 4.72. The van der Waals surface area contributed by atoms with E-state index < -0.39 is 11.9 Å². The van der Waals surface area contributed by atoms with Crippen molar-refractivity contribution >= 4 is 23.4 Å². The lowest BCUT2D eigenvalue weighted by Crippen LogP contribution is -2.51. The van der Waals surface area contributed by atoms with E-state index in [2.05, 4.69) is 10.3 Å². The van der Waals surface area contributed by atoms with Crippen LogP contribution in [-0.4, -0.2) is 70.8 Å². The summed E-state index contributed by atoms with van der Waals surface area (Å²) < 4.78 is 21.7. The molecule has 10 nitrogen and oxygen atoms in total. The van der Waals surface area contributed by atoms with E-state index >= 15 is 0 Å². The first kappa shape index (κ1) is 18.0. The van der Waals surface area contributed by atoms with Crippen LogP contribution in [0.3, 0.4) is 0 Å². The highest BCUT2D eigenvalue weighted by Crippen LogP contribution is 2.28. The maximum Gasteiger partial charge on any atom is 0.414 e. The van der Waals surface area contributed by atoms with Gasteiger partial charge in [0.15, 0.2) is 5.96 Å². The zero-order valence-corrected chi connectivity index (χ0v) is 15.2. The van der Waals surface area contributed by atoms with E-state index in [1.165, 1.54) is 11.0 Å². The number of piperazine rings is 1. The molecule has 2 aromatic rings. The third kappa shape index (κ3) is 3.55. The maximum atomic E-state index is 14.7. The van der Waals surface area contributed by atoms with Crippen LogP contribution < -0.4 is 15.5 Å². The first-order chi connectivity index (χ1) is 13.5. The van der Waals surface area contributed by atoms with Gasteiger partial charge in [-0.3, -0.25) is 10.3 Å². The highest BCUT2D eigenvalue weighted by atomic mass is 19.1. The quantitative estimate of drug-likeness (QED) is 0.577. The molecule has 11 heteroatoms. The minimum absolute atomic E-state index is 0.0310. The Balaban J connectivity index is 1.43. The van der Waals surface area contributed by atoms with Crippen LogP contribution in [0, 0.1) is 11.2 Å². The van der Waals surface area contributed by atoms with E-state index in [0.29, 0.717) is 50.6 Å². The normalized spacial score (nSPS) is 19.8. The summed E-state index contributed by atoms with van der Waals surface area (Å²) in [7, 11) is 0. The molecule has 2 aliphatic rings. The largest absolute Gasteiger partial charge is 0.442 e. The summed E-state index contributed by atoms with van der Waals surface area (Å²) in [6.07, 6.45) is 2.36. The van der Waals surface area contributed by atoms with Crippen LogP contribution in [0.2, 0.25) is 0 Å². The number of cyclic esters (lactones) is 1. The lowest BCUT2D eigenvalue weighted by molar-refractivity contribution is 0.129. The van der Waals surface area contributed by atoms with Crippen molar-refractivity contribution in [3.63, 3.8) is 0 Å². The molecule has 2 saturated heterocycles. The molecular formula is C17H21FN8O2. The molecule has 3 N–H and O–H groups in total. The van der Waals surface area contributed by atoms with Gasteiger partial charge in [0, 0.05) is 32.4 Å². The number of nitrogens with zero attached hydrogens (tertiary/aromatic N) is 6. The molecule has 2 fully saturated rings. The number of halogens is 1. The fourth-order valence-corrected chi connectivity index (χ4v) is 3.47. The van der Waals surface area contributed by atoms with Crippen molar-refractivity contribution in [2.24, 2.45) is 5.73 Å². The first-order valence-corrected chi connectivity index (χ1v) is 8.97. The minimum atomic E-state index is -0.507. The number of amides is 1. The lowest BCUT2D eigenvalue weighted by Gasteiger charge is -2.36. The van der Waals surface area contributed by atoms with Crippen molar-refractivity contribution in [2.75, 3.05) is 42.5 Å². The van der Waals surface area contributed by atoms with Gasteiger partial charge in [-0.1, -0.05) is 5.21 Å². The number of hydrogen-bond acceptors (Lipinski definition) is 6. The smallest absolute Gasteiger partial charge is 0.414 e. The highest BCUT2D eigenvalue weighted by molar-refractivity contribution is 5.90. The van der Waals surface area contributed by atoms with Gasteiger partial charge in [0.25, 0.3) is 0 Å². The van der Waals surface area contributed by atoms with Crippen LogP contribution >= 0.6 is 0 Å². The number of hydrogen-bond donors (Lipinski definition) is 2. The minimum Gasteiger partial charge on any atom is -0.442 e. The summed E-state index contributed by atoms with van der Waals surface area (Å²) in [6, 6.07) is 4.74.